The van der Waals surface area contributed by atoms with E-state index >= 15 is 0 Å². The predicted molar refractivity (Wildman–Crippen MR) is 98.4 cm³/mol. The first kappa shape index (κ1) is 23.1. The van der Waals surface area contributed by atoms with Crippen LogP contribution in [0.25, 0.3) is 0 Å². The van der Waals surface area contributed by atoms with Gasteiger partial charge >= 0.3 is 5.97 Å². The number of phenols is 1. The Morgan fingerprint density at radius 1 is 1.21 bits per heavy atom. The molecular formula is C19H26O10. The highest BCUT2D eigenvalue weighted by molar-refractivity contribution is 5.90. The smallest absolute Gasteiger partial charge is 0.338 e. The van der Waals surface area contributed by atoms with Gasteiger partial charge < -0.3 is 44.5 Å². The van der Waals surface area contributed by atoms with E-state index < -0.39 is 43.3 Å². The van der Waals surface area contributed by atoms with Crippen LogP contribution in [0.3, 0.4) is 0 Å². The summed E-state index contributed by atoms with van der Waals surface area (Å²) in [7, 11) is 1.37. The Labute approximate surface area is 167 Å². The first-order valence-electron chi connectivity index (χ1n) is 8.90. The maximum Gasteiger partial charge on any atom is 0.338 e. The molecule has 10 nitrogen and oxygen atoms in total. The van der Waals surface area contributed by atoms with Crippen LogP contribution in [0, 0.1) is 0 Å². The summed E-state index contributed by atoms with van der Waals surface area (Å²) in [6.45, 7) is 1.10. The SMILES string of the molecule is COc1cc(C(=O)OC/C(C)=C/CO[C@@H]2O[C@H](CO)[C@@H](O)[C@H](O)[C@H]2O)ccc1O. The molecule has 5 atom stereocenters. The molecule has 1 heterocycles. The van der Waals surface area contributed by atoms with Crippen molar-refractivity contribution < 1.29 is 49.3 Å². The number of esters is 1. The number of ether oxygens (including phenoxy) is 4. The molecule has 1 fully saturated rings. The standard InChI is InChI=1S/C19H26O10/c1-10(9-28-18(25)11-3-4-12(21)13(7-11)26-2)5-6-27-19-17(24)16(23)15(22)14(8-20)29-19/h3-5,7,14-17,19-24H,6,8-9H2,1-2H3/b10-5+/t14-,15-,16+,17-,19-/m1/s1. The van der Waals surface area contributed by atoms with Gasteiger partial charge in [-0.25, -0.2) is 4.79 Å². The monoisotopic (exact) mass is 414 g/mol. The summed E-state index contributed by atoms with van der Waals surface area (Å²) in [6, 6.07) is 4.09. The minimum Gasteiger partial charge on any atom is -0.504 e. The van der Waals surface area contributed by atoms with Crippen LogP contribution in [0.1, 0.15) is 17.3 Å². The highest BCUT2D eigenvalue weighted by Gasteiger charge is 2.43. The van der Waals surface area contributed by atoms with Crippen LogP contribution in [0.4, 0.5) is 0 Å². The van der Waals surface area contributed by atoms with Gasteiger partial charge in [-0.3, -0.25) is 0 Å². The summed E-state index contributed by atoms with van der Waals surface area (Å²) in [5.41, 5.74) is 0.860. The molecule has 0 saturated carbocycles. The van der Waals surface area contributed by atoms with Gasteiger partial charge in [0.15, 0.2) is 17.8 Å². The van der Waals surface area contributed by atoms with Crippen LogP contribution in [0.5, 0.6) is 11.5 Å². The second kappa shape index (κ2) is 10.5. The number of benzene rings is 1. The molecule has 1 aliphatic rings. The van der Waals surface area contributed by atoms with E-state index in [-0.39, 0.29) is 30.3 Å². The van der Waals surface area contributed by atoms with E-state index in [0.29, 0.717) is 5.57 Å². The zero-order valence-corrected chi connectivity index (χ0v) is 16.1. The highest BCUT2D eigenvalue weighted by atomic mass is 16.7. The molecule has 10 heteroatoms. The zero-order valence-electron chi connectivity index (χ0n) is 16.1. The van der Waals surface area contributed by atoms with Crippen LogP contribution in [0.2, 0.25) is 0 Å². The first-order valence-corrected chi connectivity index (χ1v) is 8.90. The second-order valence-electron chi connectivity index (χ2n) is 6.54. The summed E-state index contributed by atoms with van der Waals surface area (Å²) in [5, 5.41) is 48.0. The lowest BCUT2D eigenvalue weighted by Gasteiger charge is -2.39. The zero-order chi connectivity index (χ0) is 21.6. The van der Waals surface area contributed by atoms with Gasteiger partial charge in [-0.2, -0.15) is 0 Å². The van der Waals surface area contributed by atoms with Gasteiger partial charge in [0, 0.05) is 0 Å². The number of phenolic OH excluding ortho intramolecular Hbond substituents is 1. The largest absolute Gasteiger partial charge is 0.504 e. The molecule has 162 valence electrons. The van der Waals surface area contributed by atoms with Gasteiger partial charge in [0.25, 0.3) is 0 Å². The first-order chi connectivity index (χ1) is 13.8. The molecule has 1 aliphatic heterocycles. The topological polar surface area (TPSA) is 155 Å². The number of aromatic hydroxyl groups is 1. The summed E-state index contributed by atoms with van der Waals surface area (Å²) >= 11 is 0. The van der Waals surface area contributed by atoms with Crippen molar-refractivity contribution in [1.82, 2.24) is 0 Å². The number of rotatable bonds is 8. The molecule has 0 radical (unpaired) electrons. The molecule has 0 amide bonds. The van der Waals surface area contributed by atoms with Gasteiger partial charge in [-0.05, 0) is 30.7 Å². The molecule has 1 aromatic carbocycles. The average Bonchev–Trinajstić information content (AvgIpc) is 2.72. The number of hydrogen-bond acceptors (Lipinski definition) is 10. The summed E-state index contributed by atoms with van der Waals surface area (Å²) in [4.78, 5) is 12.1. The van der Waals surface area contributed by atoms with E-state index in [0.717, 1.165) is 0 Å². The maximum atomic E-state index is 12.1. The van der Waals surface area contributed by atoms with Crippen LogP contribution in [-0.4, -0.2) is 89.1 Å². The van der Waals surface area contributed by atoms with E-state index in [4.69, 9.17) is 24.1 Å². The van der Waals surface area contributed by atoms with Gasteiger partial charge in [-0.1, -0.05) is 6.08 Å². The lowest BCUT2D eigenvalue weighted by atomic mass is 9.99. The minimum atomic E-state index is -1.51. The van der Waals surface area contributed by atoms with E-state index in [1.54, 1.807) is 13.0 Å². The van der Waals surface area contributed by atoms with Crippen molar-refractivity contribution in [2.24, 2.45) is 0 Å². The van der Waals surface area contributed by atoms with Crippen molar-refractivity contribution in [2.45, 2.75) is 37.6 Å². The third kappa shape index (κ3) is 5.89. The minimum absolute atomic E-state index is 0.0277. The Kier molecular flexibility index (Phi) is 8.38. The quantitative estimate of drug-likeness (QED) is 0.273. The normalized spacial score (nSPS) is 27.5. The fraction of sp³-hybridized carbons (Fsp3) is 0.526. The molecule has 1 saturated heterocycles. The van der Waals surface area contributed by atoms with E-state index in [2.05, 4.69) is 0 Å². The Morgan fingerprint density at radius 3 is 2.59 bits per heavy atom. The molecule has 1 aromatic rings. The summed E-state index contributed by atoms with van der Waals surface area (Å²) in [6.07, 6.45) is -5.15. The Morgan fingerprint density at radius 2 is 1.93 bits per heavy atom. The van der Waals surface area contributed by atoms with Crippen LogP contribution >= 0.6 is 0 Å². The number of aliphatic hydroxyl groups excluding tert-OH is 4. The average molecular weight is 414 g/mol. The molecule has 29 heavy (non-hydrogen) atoms. The van der Waals surface area contributed by atoms with Gasteiger partial charge in [0.05, 0.1) is 25.9 Å². The predicted octanol–water partition coefficient (Wildman–Crippen LogP) is -0.680. The second-order valence-corrected chi connectivity index (χ2v) is 6.54. The van der Waals surface area contributed by atoms with E-state index in [1.165, 1.54) is 25.3 Å². The fourth-order valence-electron chi connectivity index (χ4n) is 2.62. The van der Waals surface area contributed by atoms with Crippen molar-refractivity contribution >= 4 is 5.97 Å². The molecule has 2 rings (SSSR count). The molecule has 0 aromatic heterocycles. The third-order valence-corrected chi connectivity index (χ3v) is 4.39. The number of aliphatic hydroxyl groups is 4. The molecular weight excluding hydrogens is 388 g/mol. The maximum absolute atomic E-state index is 12.1. The molecule has 0 aliphatic carbocycles. The van der Waals surface area contributed by atoms with Crippen LogP contribution in [-0.2, 0) is 14.2 Å². The molecule has 0 bridgehead atoms. The third-order valence-electron chi connectivity index (χ3n) is 4.39. The summed E-state index contributed by atoms with van der Waals surface area (Å²) < 4.78 is 20.7. The van der Waals surface area contributed by atoms with E-state index in [9.17, 15) is 25.2 Å². The van der Waals surface area contributed by atoms with Crippen LogP contribution in [0.15, 0.2) is 29.8 Å². The van der Waals surface area contributed by atoms with Crippen molar-refractivity contribution in [3.8, 4) is 11.5 Å². The van der Waals surface area contributed by atoms with Gasteiger partial charge in [0.1, 0.15) is 31.0 Å². The Balaban J connectivity index is 1.83. The van der Waals surface area contributed by atoms with Crippen molar-refractivity contribution in [1.29, 1.82) is 0 Å². The fourth-order valence-corrected chi connectivity index (χ4v) is 2.62. The lowest BCUT2D eigenvalue weighted by molar-refractivity contribution is -0.298. The summed E-state index contributed by atoms with van der Waals surface area (Å²) in [5.74, 6) is -0.545. The molecule has 5 N–H and O–H groups in total. The Hall–Kier alpha value is -2.21. The van der Waals surface area contributed by atoms with Crippen molar-refractivity contribution in [2.75, 3.05) is 26.9 Å². The van der Waals surface area contributed by atoms with Gasteiger partial charge in [-0.15, -0.1) is 0 Å². The van der Waals surface area contributed by atoms with Gasteiger partial charge in [0.2, 0.25) is 0 Å². The molecule has 0 unspecified atom stereocenters. The highest BCUT2D eigenvalue weighted by Crippen LogP contribution is 2.26. The van der Waals surface area contributed by atoms with Crippen LogP contribution < -0.4 is 4.74 Å². The lowest BCUT2D eigenvalue weighted by Crippen LogP contribution is -2.59. The number of hydrogen-bond donors (Lipinski definition) is 5. The number of carbonyl (C=O) groups is 1. The Bertz CT molecular complexity index is 717. The van der Waals surface area contributed by atoms with Crippen molar-refractivity contribution in [3.05, 3.63) is 35.4 Å². The van der Waals surface area contributed by atoms with E-state index in [1.807, 2.05) is 0 Å². The molecule has 0 spiro atoms. The van der Waals surface area contributed by atoms with Crippen molar-refractivity contribution in [3.63, 3.8) is 0 Å². The number of carbonyl (C=O) groups excluding carboxylic acids is 1. The number of methoxy groups -OCH3 is 1.